The average Bonchev–Trinajstić information content (AvgIpc) is 3.92. The second-order valence-electron chi connectivity index (χ2n) is 17.3. The summed E-state index contributed by atoms with van der Waals surface area (Å²) in [5, 5.41) is 25.7. The summed E-state index contributed by atoms with van der Waals surface area (Å²) < 4.78 is 0. The van der Waals surface area contributed by atoms with Crippen molar-refractivity contribution in [2.24, 2.45) is 17.4 Å². The van der Waals surface area contributed by atoms with Crippen LogP contribution in [0.2, 0.25) is 0 Å². The molecule has 6 rings (SSSR count). The molecule has 0 unspecified atom stereocenters. The number of benzene rings is 4. The summed E-state index contributed by atoms with van der Waals surface area (Å²) in [5.41, 5.74) is 15.9. The maximum atomic E-state index is 14.8. The van der Waals surface area contributed by atoms with Gasteiger partial charge in [-0.3, -0.25) is 28.8 Å². The van der Waals surface area contributed by atoms with E-state index >= 15 is 0 Å². The lowest BCUT2D eigenvalue weighted by molar-refractivity contribution is -0.135. The Bertz CT molecular complexity index is 2630. The van der Waals surface area contributed by atoms with Gasteiger partial charge in [-0.2, -0.15) is 0 Å². The molecule has 67 heavy (non-hydrogen) atoms. The molecule has 0 bridgehead atoms. The van der Waals surface area contributed by atoms with Crippen LogP contribution in [0.1, 0.15) is 61.8 Å². The van der Waals surface area contributed by atoms with Crippen LogP contribution in [0.3, 0.4) is 0 Å². The number of phenols is 1. The van der Waals surface area contributed by atoms with E-state index in [1.165, 1.54) is 12.1 Å². The highest BCUT2D eigenvalue weighted by atomic mass is 16.3. The molecule has 12 N–H and O–H groups in total. The fourth-order valence-corrected chi connectivity index (χ4v) is 8.13. The van der Waals surface area contributed by atoms with Crippen LogP contribution in [0.15, 0.2) is 116 Å². The Hall–Kier alpha value is -7.46. The number of fused-ring (bicyclic) bond motifs is 2. The number of nitrogens with two attached hydrogens (primary N) is 2. The first kappa shape index (κ1) is 49.0. The number of carbonyl (C=O) groups excluding carboxylic acids is 6. The number of carbonyl (C=O) groups is 6. The summed E-state index contributed by atoms with van der Waals surface area (Å²) >= 11 is 0. The molecule has 2 aromatic heterocycles. The van der Waals surface area contributed by atoms with Gasteiger partial charge in [0.2, 0.25) is 35.4 Å². The number of nitrogens with one attached hydrogen (secondary N) is 7. The molecule has 4 aromatic carbocycles. The minimum absolute atomic E-state index is 0.00149. The van der Waals surface area contributed by atoms with Crippen molar-refractivity contribution in [2.75, 3.05) is 6.54 Å². The van der Waals surface area contributed by atoms with E-state index in [-0.39, 0.29) is 43.8 Å². The molecule has 0 aliphatic rings. The lowest BCUT2D eigenvalue weighted by Gasteiger charge is -2.27. The number of rotatable bonds is 24. The number of aromatic hydroxyl groups is 1. The number of unbranched alkanes of at least 4 members (excludes halogenated alkanes) is 1. The van der Waals surface area contributed by atoms with Gasteiger partial charge in [-0.25, -0.2) is 0 Å². The Balaban J connectivity index is 1.30. The lowest BCUT2D eigenvalue weighted by Crippen LogP contribution is -2.60. The van der Waals surface area contributed by atoms with E-state index < -0.39 is 65.7 Å². The largest absolute Gasteiger partial charge is 0.508 e. The molecule has 0 fully saturated rings. The standard InChI is InChI=1S/C51H61N9O7/c1-31(2)24-42(47(53)63)58-48(64)41(18-10-11-23-52)57-51(67)45(28-35-30-55-40-17-9-7-15-38(35)40)60-49(65)43(25-32-12-4-3-5-13-32)59-50(66)44(27-34-29-54-39-16-8-6-14-37(34)39)56-46(62)26-33-19-21-36(61)22-20-33/h3-9,12-17,19-22,29-31,41-45,54-55,61H,10-11,18,23-28,52H2,1-2H3,(H2,53,63)(H,56,62)(H,57,67)(H,58,64)(H,59,66)(H,60,65)/t41-,42-,43-,44+,45+/m0/s1. The lowest BCUT2D eigenvalue weighted by atomic mass is 9.99. The Kier molecular flexibility index (Phi) is 17.3. The van der Waals surface area contributed by atoms with Crippen molar-refractivity contribution in [3.05, 3.63) is 138 Å². The number of aromatic amines is 2. The molecule has 0 saturated heterocycles. The predicted octanol–water partition coefficient (Wildman–Crippen LogP) is 3.71. The van der Waals surface area contributed by atoms with E-state index in [1.54, 1.807) is 24.5 Å². The summed E-state index contributed by atoms with van der Waals surface area (Å²) in [7, 11) is 0. The van der Waals surface area contributed by atoms with Gasteiger partial charge < -0.3 is 53.1 Å². The molecule has 0 saturated carbocycles. The van der Waals surface area contributed by atoms with Crippen LogP contribution in [0, 0.1) is 5.92 Å². The predicted molar refractivity (Wildman–Crippen MR) is 257 cm³/mol. The van der Waals surface area contributed by atoms with Gasteiger partial charge in [0, 0.05) is 53.5 Å². The Morgan fingerprint density at radius 1 is 0.552 bits per heavy atom. The summed E-state index contributed by atoms with van der Waals surface area (Å²) in [4.78, 5) is 90.2. The van der Waals surface area contributed by atoms with Crippen molar-refractivity contribution in [3.8, 4) is 5.75 Å². The minimum atomic E-state index is -1.26. The van der Waals surface area contributed by atoms with Crippen molar-refractivity contribution in [1.29, 1.82) is 0 Å². The van der Waals surface area contributed by atoms with E-state index in [0.29, 0.717) is 42.5 Å². The number of hydrogen-bond acceptors (Lipinski definition) is 8. The molecule has 16 nitrogen and oxygen atoms in total. The monoisotopic (exact) mass is 911 g/mol. The summed E-state index contributed by atoms with van der Waals surface area (Å²) in [6.07, 6.45) is 5.09. The second kappa shape index (κ2) is 23.6. The van der Waals surface area contributed by atoms with Crippen LogP contribution in [-0.4, -0.2) is 87.3 Å². The van der Waals surface area contributed by atoms with E-state index in [4.69, 9.17) is 11.5 Å². The zero-order chi connectivity index (χ0) is 47.9. The van der Waals surface area contributed by atoms with Crippen molar-refractivity contribution in [2.45, 2.75) is 95.4 Å². The minimum Gasteiger partial charge on any atom is -0.508 e. The van der Waals surface area contributed by atoms with E-state index in [0.717, 1.165) is 27.4 Å². The fourth-order valence-electron chi connectivity index (χ4n) is 8.13. The number of hydrogen-bond donors (Lipinski definition) is 10. The van der Waals surface area contributed by atoms with Crippen molar-refractivity contribution >= 4 is 57.2 Å². The van der Waals surface area contributed by atoms with Gasteiger partial charge in [-0.15, -0.1) is 0 Å². The van der Waals surface area contributed by atoms with Crippen LogP contribution in [0.25, 0.3) is 21.8 Å². The Morgan fingerprint density at radius 2 is 1.03 bits per heavy atom. The van der Waals surface area contributed by atoms with Crippen LogP contribution < -0.4 is 38.1 Å². The molecule has 0 radical (unpaired) electrons. The third kappa shape index (κ3) is 14.0. The van der Waals surface area contributed by atoms with Gasteiger partial charge in [0.05, 0.1) is 6.42 Å². The SMILES string of the molecule is CC(C)C[C@H](NC(=O)[C@H](CCCCN)NC(=O)[C@@H](Cc1c[nH]c2ccccc12)NC(=O)[C@H](Cc1ccccc1)NC(=O)[C@@H](Cc1c[nH]c2ccccc12)NC(=O)Cc1ccc(O)cc1)C(N)=O. The molecule has 0 aliphatic carbocycles. The molecule has 0 aliphatic heterocycles. The molecule has 352 valence electrons. The molecule has 16 heteroatoms. The number of primary amides is 1. The van der Waals surface area contributed by atoms with E-state index in [1.807, 2.05) is 92.7 Å². The fraction of sp³-hybridized carbons (Fsp3) is 0.333. The van der Waals surface area contributed by atoms with Crippen molar-refractivity contribution in [3.63, 3.8) is 0 Å². The first-order valence-corrected chi connectivity index (χ1v) is 22.7. The zero-order valence-electron chi connectivity index (χ0n) is 37.8. The molecule has 5 atom stereocenters. The van der Waals surface area contributed by atoms with Gasteiger partial charge in [-0.1, -0.05) is 92.7 Å². The number of aromatic nitrogens is 2. The summed E-state index contributed by atoms with van der Waals surface area (Å²) in [6, 6.07) is 24.6. The molecule has 6 amide bonds. The highest BCUT2D eigenvalue weighted by Gasteiger charge is 2.33. The molecular formula is C51H61N9O7. The van der Waals surface area contributed by atoms with Crippen molar-refractivity contribution < 1.29 is 33.9 Å². The van der Waals surface area contributed by atoms with E-state index in [2.05, 4.69) is 36.6 Å². The van der Waals surface area contributed by atoms with Gasteiger partial charge in [0.1, 0.15) is 36.0 Å². The number of para-hydroxylation sites is 2. The van der Waals surface area contributed by atoms with Crippen LogP contribution in [-0.2, 0) is 54.5 Å². The first-order valence-electron chi connectivity index (χ1n) is 22.7. The maximum absolute atomic E-state index is 14.8. The number of amides is 6. The average molecular weight is 912 g/mol. The maximum Gasteiger partial charge on any atom is 0.243 e. The quantitative estimate of drug-likeness (QED) is 0.0399. The van der Waals surface area contributed by atoms with Crippen LogP contribution >= 0.6 is 0 Å². The third-order valence-electron chi connectivity index (χ3n) is 11.6. The smallest absolute Gasteiger partial charge is 0.243 e. The molecule has 2 heterocycles. The van der Waals surface area contributed by atoms with Gasteiger partial charge >= 0.3 is 0 Å². The number of phenolic OH excluding ortho intramolecular Hbond substituents is 1. The normalized spacial score (nSPS) is 13.6. The molecule has 0 spiro atoms. The summed E-state index contributed by atoms with van der Waals surface area (Å²) in [5.74, 6) is -3.67. The Morgan fingerprint density at radius 3 is 1.57 bits per heavy atom. The zero-order valence-corrected chi connectivity index (χ0v) is 37.8. The Labute approximate surface area is 389 Å². The van der Waals surface area contributed by atoms with Gasteiger partial charge in [-0.05, 0) is 84.7 Å². The van der Waals surface area contributed by atoms with Gasteiger partial charge in [0.15, 0.2) is 0 Å². The third-order valence-corrected chi connectivity index (χ3v) is 11.6. The van der Waals surface area contributed by atoms with Crippen LogP contribution in [0.4, 0.5) is 0 Å². The van der Waals surface area contributed by atoms with Gasteiger partial charge in [0.25, 0.3) is 0 Å². The highest BCUT2D eigenvalue weighted by Crippen LogP contribution is 2.22. The second-order valence-corrected chi connectivity index (χ2v) is 17.3. The molecular weight excluding hydrogens is 851 g/mol. The van der Waals surface area contributed by atoms with E-state index in [9.17, 15) is 33.9 Å². The van der Waals surface area contributed by atoms with Crippen molar-refractivity contribution in [1.82, 2.24) is 36.6 Å². The first-order chi connectivity index (χ1) is 32.3. The summed E-state index contributed by atoms with van der Waals surface area (Å²) in [6.45, 7) is 4.15. The highest BCUT2D eigenvalue weighted by molar-refractivity contribution is 5.97. The molecule has 6 aromatic rings. The van der Waals surface area contributed by atoms with Crippen LogP contribution in [0.5, 0.6) is 5.75 Å². The topological polar surface area (TPSA) is 266 Å². The number of H-pyrrole nitrogens is 2.